The Hall–Kier alpha value is -1.21. The third-order valence-corrected chi connectivity index (χ3v) is 4.17. The number of thiol groups is 1. The van der Waals surface area contributed by atoms with Crippen LogP contribution in [0, 0.1) is 13.8 Å². The molecule has 3 rings (SSSR count). The van der Waals surface area contributed by atoms with Crippen molar-refractivity contribution < 1.29 is 0 Å². The predicted octanol–water partition coefficient (Wildman–Crippen LogP) is 5.50. The van der Waals surface area contributed by atoms with Crippen molar-refractivity contribution in [1.29, 1.82) is 0 Å². The molecule has 0 aliphatic heterocycles. The molecule has 100 valence electrons. The van der Waals surface area contributed by atoms with Crippen LogP contribution in [0.2, 0.25) is 0 Å². The van der Waals surface area contributed by atoms with E-state index in [-0.39, 0.29) is 4.75 Å². The van der Waals surface area contributed by atoms with Gasteiger partial charge in [0, 0.05) is 0 Å². The van der Waals surface area contributed by atoms with Crippen LogP contribution in [0.1, 0.15) is 43.0 Å². The fraction of sp³-hybridized carbons (Fsp3) is 0.333. The summed E-state index contributed by atoms with van der Waals surface area (Å²) in [5.41, 5.74) is 7.94. The Balaban J connectivity index is 0.000000637. The second-order valence-electron chi connectivity index (χ2n) is 5.17. The lowest BCUT2D eigenvalue weighted by Gasteiger charge is -2.20. The summed E-state index contributed by atoms with van der Waals surface area (Å²) in [6.07, 6.45) is 0. The molecule has 0 saturated carbocycles. The molecule has 0 atom stereocenters. The average Bonchev–Trinajstić information content (AvgIpc) is 2.61. The topological polar surface area (TPSA) is 0 Å². The molecule has 0 fully saturated rings. The summed E-state index contributed by atoms with van der Waals surface area (Å²) in [7, 11) is 0. The minimum absolute atomic E-state index is 0.164. The molecule has 0 amide bonds. The molecule has 0 aromatic heterocycles. The lowest BCUT2D eigenvalue weighted by Crippen LogP contribution is -2.11. The first-order valence-corrected chi connectivity index (χ1v) is 7.40. The van der Waals surface area contributed by atoms with Crippen molar-refractivity contribution >= 4 is 12.6 Å². The second kappa shape index (κ2) is 5.05. The van der Waals surface area contributed by atoms with Gasteiger partial charge in [0.15, 0.2) is 0 Å². The molecule has 0 radical (unpaired) electrons. The van der Waals surface area contributed by atoms with Gasteiger partial charge in [-0.1, -0.05) is 61.4 Å². The van der Waals surface area contributed by atoms with Gasteiger partial charge >= 0.3 is 0 Å². The van der Waals surface area contributed by atoms with Gasteiger partial charge in [0.25, 0.3) is 0 Å². The van der Waals surface area contributed by atoms with Gasteiger partial charge in [-0.3, -0.25) is 0 Å². The molecular formula is C18H22S. The van der Waals surface area contributed by atoms with Crippen molar-refractivity contribution in [2.75, 3.05) is 0 Å². The molecule has 1 aliphatic rings. The SMILES string of the molecule is CC.Cc1ccc2c(c1)C(C)(S)c1cc(C)ccc1-2. The maximum Gasteiger partial charge on any atom is 0.0610 e. The summed E-state index contributed by atoms with van der Waals surface area (Å²) in [5, 5.41) is 0. The Morgan fingerprint density at radius 2 is 1.16 bits per heavy atom. The normalized spacial score (nSPS) is 14.2. The lowest BCUT2D eigenvalue weighted by atomic mass is 9.96. The highest BCUT2D eigenvalue weighted by Gasteiger charge is 2.36. The molecule has 0 saturated heterocycles. The fourth-order valence-corrected chi connectivity index (χ4v) is 3.11. The molecule has 19 heavy (non-hydrogen) atoms. The highest BCUT2D eigenvalue weighted by Crippen LogP contribution is 2.51. The van der Waals surface area contributed by atoms with Gasteiger partial charge < -0.3 is 0 Å². The van der Waals surface area contributed by atoms with E-state index in [4.69, 9.17) is 12.6 Å². The number of hydrogen-bond acceptors (Lipinski definition) is 1. The Kier molecular flexibility index (Phi) is 3.78. The Labute approximate surface area is 122 Å². The average molecular weight is 270 g/mol. The van der Waals surface area contributed by atoms with Crippen LogP contribution in [0.15, 0.2) is 36.4 Å². The van der Waals surface area contributed by atoms with Gasteiger partial charge in [-0.25, -0.2) is 0 Å². The van der Waals surface area contributed by atoms with E-state index in [2.05, 4.69) is 57.2 Å². The van der Waals surface area contributed by atoms with Crippen molar-refractivity contribution in [3.05, 3.63) is 58.7 Å². The van der Waals surface area contributed by atoms with Crippen LogP contribution in [-0.2, 0) is 4.75 Å². The van der Waals surface area contributed by atoms with Crippen LogP contribution in [0.4, 0.5) is 0 Å². The first-order valence-electron chi connectivity index (χ1n) is 6.95. The highest BCUT2D eigenvalue weighted by molar-refractivity contribution is 7.81. The van der Waals surface area contributed by atoms with Crippen LogP contribution in [0.5, 0.6) is 0 Å². The summed E-state index contributed by atoms with van der Waals surface area (Å²) in [4.78, 5) is 0. The molecule has 1 aliphatic carbocycles. The Bertz CT molecular complexity index is 556. The standard InChI is InChI=1S/C16H16S.C2H6/c1-10-4-6-12-13-7-5-11(2)9-15(13)16(3,17)14(12)8-10;1-2/h4-9,17H,1-3H3;1-2H3. The van der Waals surface area contributed by atoms with Gasteiger partial charge in [-0.15, -0.1) is 0 Å². The summed E-state index contributed by atoms with van der Waals surface area (Å²) >= 11 is 4.90. The van der Waals surface area contributed by atoms with Gasteiger partial charge in [-0.05, 0) is 43.0 Å². The molecule has 0 N–H and O–H groups in total. The van der Waals surface area contributed by atoms with Crippen LogP contribution in [0.25, 0.3) is 11.1 Å². The van der Waals surface area contributed by atoms with Gasteiger partial charge in [0.1, 0.15) is 0 Å². The number of benzene rings is 2. The van der Waals surface area contributed by atoms with Crippen molar-refractivity contribution in [1.82, 2.24) is 0 Å². The third kappa shape index (κ3) is 2.21. The number of rotatable bonds is 0. The number of aryl methyl sites for hydroxylation is 2. The van der Waals surface area contributed by atoms with E-state index in [9.17, 15) is 0 Å². The molecule has 2 aromatic carbocycles. The molecule has 0 heterocycles. The van der Waals surface area contributed by atoms with Crippen molar-refractivity contribution in [2.45, 2.75) is 39.4 Å². The van der Waals surface area contributed by atoms with Crippen LogP contribution < -0.4 is 0 Å². The molecule has 0 unspecified atom stereocenters. The Morgan fingerprint density at radius 3 is 1.53 bits per heavy atom. The zero-order valence-corrected chi connectivity index (χ0v) is 13.3. The van der Waals surface area contributed by atoms with Crippen LogP contribution in [-0.4, -0.2) is 0 Å². The van der Waals surface area contributed by atoms with Crippen molar-refractivity contribution in [2.24, 2.45) is 0 Å². The maximum atomic E-state index is 4.90. The molecule has 0 nitrogen and oxygen atoms in total. The van der Waals surface area contributed by atoms with Gasteiger partial charge in [-0.2, -0.15) is 12.6 Å². The third-order valence-electron chi connectivity index (χ3n) is 3.69. The van der Waals surface area contributed by atoms with E-state index in [1.807, 2.05) is 13.8 Å². The quantitative estimate of drug-likeness (QED) is 0.600. The predicted molar refractivity (Wildman–Crippen MR) is 88.1 cm³/mol. The molecule has 1 heteroatoms. The fourth-order valence-electron chi connectivity index (χ4n) is 2.74. The second-order valence-corrected chi connectivity index (χ2v) is 6.06. The summed E-state index contributed by atoms with van der Waals surface area (Å²) in [6.45, 7) is 10.5. The minimum Gasteiger partial charge on any atom is -0.163 e. The number of fused-ring (bicyclic) bond motifs is 3. The monoisotopic (exact) mass is 270 g/mol. The lowest BCUT2D eigenvalue weighted by molar-refractivity contribution is 0.875. The van der Waals surface area contributed by atoms with E-state index in [0.29, 0.717) is 0 Å². The maximum absolute atomic E-state index is 4.90. The van der Waals surface area contributed by atoms with Gasteiger partial charge in [0.2, 0.25) is 0 Å². The summed E-state index contributed by atoms with van der Waals surface area (Å²) in [5.74, 6) is 0. The van der Waals surface area contributed by atoms with Crippen LogP contribution in [0.3, 0.4) is 0 Å². The van der Waals surface area contributed by atoms with E-state index in [1.165, 1.54) is 33.4 Å². The molecule has 0 spiro atoms. The zero-order valence-electron chi connectivity index (χ0n) is 12.4. The number of hydrogen-bond donors (Lipinski definition) is 1. The largest absolute Gasteiger partial charge is 0.163 e. The first kappa shape index (κ1) is 14.2. The van der Waals surface area contributed by atoms with E-state index in [1.54, 1.807) is 0 Å². The summed E-state index contributed by atoms with van der Waals surface area (Å²) < 4.78 is -0.164. The first-order chi connectivity index (χ1) is 9.00. The summed E-state index contributed by atoms with van der Waals surface area (Å²) in [6, 6.07) is 13.3. The Morgan fingerprint density at radius 1 is 0.789 bits per heavy atom. The van der Waals surface area contributed by atoms with Crippen molar-refractivity contribution in [3.8, 4) is 11.1 Å². The van der Waals surface area contributed by atoms with Crippen LogP contribution >= 0.6 is 12.6 Å². The van der Waals surface area contributed by atoms with E-state index >= 15 is 0 Å². The van der Waals surface area contributed by atoms with E-state index < -0.39 is 0 Å². The molecular weight excluding hydrogens is 248 g/mol. The molecule has 0 bridgehead atoms. The smallest absolute Gasteiger partial charge is 0.0610 e. The zero-order chi connectivity index (χ0) is 14.2. The minimum atomic E-state index is -0.164. The highest BCUT2D eigenvalue weighted by atomic mass is 32.1. The van der Waals surface area contributed by atoms with Crippen molar-refractivity contribution in [3.63, 3.8) is 0 Å². The molecule has 2 aromatic rings. The van der Waals surface area contributed by atoms with Gasteiger partial charge in [0.05, 0.1) is 4.75 Å². The van der Waals surface area contributed by atoms with E-state index in [0.717, 1.165) is 0 Å².